The third kappa shape index (κ3) is 2.18. The number of aromatic nitrogens is 3. The minimum atomic E-state index is -3.75. The number of hydrogen-bond acceptors (Lipinski definition) is 6. The molecule has 9 heteroatoms. The number of nitrogens with zero attached hydrogens (tertiary/aromatic N) is 3. The molecule has 0 aromatic carbocycles. The Kier molecular flexibility index (Phi) is 3.03. The molecule has 0 atom stereocenters. The van der Waals surface area contributed by atoms with E-state index in [1.807, 2.05) is 0 Å². The highest BCUT2D eigenvalue weighted by Gasteiger charge is 2.25. The normalized spacial score (nSPS) is 11.7. The number of anilines is 2. The van der Waals surface area contributed by atoms with Gasteiger partial charge in [-0.1, -0.05) is 0 Å². The monoisotopic (exact) mass is 287 g/mol. The number of nitrogens with one attached hydrogen (secondary N) is 1. The Balaban J connectivity index is 2.43. The summed E-state index contributed by atoms with van der Waals surface area (Å²) in [4.78, 5) is 4.05. The number of rotatable bonds is 3. The van der Waals surface area contributed by atoms with E-state index in [-0.39, 0.29) is 10.7 Å². The Hall–Kier alpha value is -1.61. The smallest absolute Gasteiger partial charge is 0.269 e. The second kappa shape index (κ2) is 4.25. The average Bonchev–Trinajstić information content (AvgIpc) is 2.72. The highest BCUT2D eigenvalue weighted by Crippen LogP contribution is 2.25. The molecule has 0 saturated heterocycles. The largest absolute Gasteiger partial charge is 0.381 e. The van der Waals surface area contributed by atoms with Crippen molar-refractivity contribution < 1.29 is 8.42 Å². The maximum Gasteiger partial charge on any atom is 0.269 e. The zero-order valence-corrected chi connectivity index (χ0v) is 11.8. The van der Waals surface area contributed by atoms with Crippen molar-refractivity contribution in [3.63, 3.8) is 0 Å². The molecule has 98 valence electrons. The summed E-state index contributed by atoms with van der Waals surface area (Å²) < 4.78 is 28.2. The molecule has 0 unspecified atom stereocenters. The first-order valence-corrected chi connectivity index (χ1v) is 7.41. The fraction of sp³-hybridized carbons (Fsp3) is 0.333. The molecule has 0 aliphatic carbocycles. The lowest BCUT2D eigenvalue weighted by Crippen LogP contribution is -2.15. The lowest BCUT2D eigenvalue weighted by atomic mass is 10.5. The van der Waals surface area contributed by atoms with Crippen LogP contribution in [0.3, 0.4) is 0 Å². The van der Waals surface area contributed by atoms with E-state index in [9.17, 15) is 8.42 Å². The summed E-state index contributed by atoms with van der Waals surface area (Å²) in [6.07, 6.45) is 0. The van der Waals surface area contributed by atoms with Gasteiger partial charge in [-0.2, -0.15) is 5.10 Å². The van der Waals surface area contributed by atoms with E-state index in [0.29, 0.717) is 10.8 Å². The van der Waals surface area contributed by atoms with E-state index >= 15 is 0 Å². The molecule has 2 aromatic heterocycles. The van der Waals surface area contributed by atoms with Gasteiger partial charge in [-0.25, -0.2) is 13.4 Å². The summed E-state index contributed by atoms with van der Waals surface area (Å²) in [6, 6.07) is 0. The lowest BCUT2D eigenvalue weighted by Gasteiger charge is -2.04. The van der Waals surface area contributed by atoms with Gasteiger partial charge in [-0.3, -0.25) is 9.40 Å². The van der Waals surface area contributed by atoms with Crippen molar-refractivity contribution in [3.05, 3.63) is 16.8 Å². The van der Waals surface area contributed by atoms with Crippen molar-refractivity contribution in [2.45, 2.75) is 18.7 Å². The van der Waals surface area contributed by atoms with Crippen LogP contribution in [0.25, 0.3) is 0 Å². The Bertz CT molecular complexity index is 686. The molecule has 3 N–H and O–H groups in total. The standard InChI is InChI=1S/C9H13N5O2S2/c1-5-4-17-9(11-5)13-18(15,16)7-6(2)14(3)12-8(7)10/h4H,1-3H3,(H2,10,12)(H,11,13). The fourth-order valence-corrected chi connectivity index (χ4v) is 3.78. The van der Waals surface area contributed by atoms with Crippen molar-refractivity contribution in [2.75, 3.05) is 10.5 Å². The van der Waals surface area contributed by atoms with Crippen molar-refractivity contribution >= 4 is 32.3 Å². The molecular formula is C9H13N5O2S2. The van der Waals surface area contributed by atoms with Gasteiger partial charge in [0.2, 0.25) is 0 Å². The summed E-state index contributed by atoms with van der Waals surface area (Å²) in [5.41, 5.74) is 6.86. The number of aryl methyl sites for hydroxylation is 2. The van der Waals surface area contributed by atoms with Crippen molar-refractivity contribution in [3.8, 4) is 0 Å². The van der Waals surface area contributed by atoms with Crippen LogP contribution in [0.4, 0.5) is 10.9 Å². The Labute approximate surface area is 109 Å². The van der Waals surface area contributed by atoms with Gasteiger partial charge in [-0.15, -0.1) is 11.3 Å². The van der Waals surface area contributed by atoms with Gasteiger partial charge in [0, 0.05) is 12.4 Å². The Morgan fingerprint density at radius 2 is 2.11 bits per heavy atom. The number of hydrogen-bond donors (Lipinski definition) is 2. The zero-order valence-electron chi connectivity index (χ0n) is 10.1. The van der Waals surface area contributed by atoms with E-state index in [1.54, 1.807) is 26.3 Å². The van der Waals surface area contributed by atoms with Gasteiger partial charge in [-0.05, 0) is 13.8 Å². The molecule has 0 spiro atoms. The number of sulfonamides is 1. The van der Waals surface area contributed by atoms with Crippen LogP contribution in [0.2, 0.25) is 0 Å². The quantitative estimate of drug-likeness (QED) is 0.872. The van der Waals surface area contributed by atoms with Crippen molar-refractivity contribution in [2.24, 2.45) is 7.05 Å². The summed E-state index contributed by atoms with van der Waals surface area (Å²) >= 11 is 1.22. The molecule has 2 heterocycles. The molecular weight excluding hydrogens is 274 g/mol. The molecule has 18 heavy (non-hydrogen) atoms. The van der Waals surface area contributed by atoms with Crippen LogP contribution in [0.1, 0.15) is 11.4 Å². The predicted molar refractivity (Wildman–Crippen MR) is 70.0 cm³/mol. The zero-order chi connectivity index (χ0) is 13.5. The molecule has 2 rings (SSSR count). The molecule has 0 amide bonds. The first-order valence-electron chi connectivity index (χ1n) is 5.05. The number of thiazole rings is 1. The molecule has 7 nitrogen and oxygen atoms in total. The Morgan fingerprint density at radius 3 is 2.56 bits per heavy atom. The molecule has 0 radical (unpaired) electrons. The van der Waals surface area contributed by atoms with Gasteiger partial charge in [0.15, 0.2) is 15.8 Å². The number of nitrogens with two attached hydrogens (primary N) is 1. The minimum Gasteiger partial charge on any atom is -0.381 e. The molecule has 0 saturated carbocycles. The van der Waals surface area contributed by atoms with E-state index in [0.717, 1.165) is 5.69 Å². The summed E-state index contributed by atoms with van der Waals surface area (Å²) in [5, 5.41) is 5.96. The fourth-order valence-electron chi connectivity index (χ4n) is 1.51. The summed E-state index contributed by atoms with van der Waals surface area (Å²) in [7, 11) is -2.11. The van der Waals surface area contributed by atoms with E-state index in [4.69, 9.17) is 5.73 Å². The van der Waals surface area contributed by atoms with Gasteiger partial charge in [0.05, 0.1) is 11.4 Å². The number of nitrogen functional groups attached to an aromatic ring is 1. The van der Waals surface area contributed by atoms with Crippen LogP contribution < -0.4 is 10.5 Å². The van der Waals surface area contributed by atoms with Crippen molar-refractivity contribution in [1.29, 1.82) is 0 Å². The predicted octanol–water partition coefficient (Wildman–Crippen LogP) is 0.876. The SMILES string of the molecule is Cc1csc(NS(=O)(=O)c2c(N)nn(C)c2C)n1. The maximum atomic E-state index is 12.2. The van der Waals surface area contributed by atoms with Crippen LogP contribution in [0.5, 0.6) is 0 Å². The van der Waals surface area contributed by atoms with Gasteiger partial charge < -0.3 is 5.73 Å². The van der Waals surface area contributed by atoms with Gasteiger partial charge in [0.1, 0.15) is 0 Å². The molecule has 0 bridgehead atoms. The minimum absolute atomic E-state index is 0.00199. The Morgan fingerprint density at radius 1 is 1.44 bits per heavy atom. The van der Waals surface area contributed by atoms with Gasteiger partial charge in [0.25, 0.3) is 10.0 Å². The van der Waals surface area contributed by atoms with Crippen LogP contribution in [-0.2, 0) is 17.1 Å². The van der Waals surface area contributed by atoms with Crippen LogP contribution >= 0.6 is 11.3 Å². The molecule has 0 aliphatic heterocycles. The van der Waals surface area contributed by atoms with Crippen molar-refractivity contribution in [1.82, 2.24) is 14.8 Å². The highest BCUT2D eigenvalue weighted by atomic mass is 32.2. The van der Waals surface area contributed by atoms with Crippen LogP contribution in [0.15, 0.2) is 10.3 Å². The first-order chi connectivity index (χ1) is 8.31. The third-order valence-electron chi connectivity index (χ3n) is 2.41. The van der Waals surface area contributed by atoms with E-state index in [1.165, 1.54) is 16.0 Å². The summed E-state index contributed by atoms with van der Waals surface area (Å²) in [6.45, 7) is 3.43. The van der Waals surface area contributed by atoms with Crippen LogP contribution in [-0.4, -0.2) is 23.2 Å². The molecule has 0 fully saturated rings. The van der Waals surface area contributed by atoms with E-state index in [2.05, 4.69) is 14.8 Å². The van der Waals surface area contributed by atoms with Crippen LogP contribution in [0, 0.1) is 13.8 Å². The van der Waals surface area contributed by atoms with E-state index < -0.39 is 10.0 Å². The lowest BCUT2D eigenvalue weighted by molar-refractivity contribution is 0.600. The maximum absolute atomic E-state index is 12.2. The topological polar surface area (TPSA) is 103 Å². The second-order valence-corrected chi connectivity index (χ2v) is 6.30. The average molecular weight is 287 g/mol. The second-order valence-electron chi connectivity index (χ2n) is 3.82. The molecule has 2 aromatic rings. The third-order valence-corrected chi connectivity index (χ3v) is 4.92. The van der Waals surface area contributed by atoms with Gasteiger partial charge >= 0.3 is 0 Å². The molecule has 0 aliphatic rings. The first kappa shape index (κ1) is 12.8. The highest BCUT2D eigenvalue weighted by molar-refractivity contribution is 7.93. The summed E-state index contributed by atoms with van der Waals surface area (Å²) in [5.74, 6) is -0.0178.